The summed E-state index contributed by atoms with van der Waals surface area (Å²) in [5.41, 5.74) is 3.66. The van der Waals surface area contributed by atoms with Crippen LogP contribution in [0.2, 0.25) is 0 Å². The number of fused-ring (bicyclic) bond motifs is 1. The highest BCUT2D eigenvalue weighted by Gasteiger charge is 2.01. The van der Waals surface area contributed by atoms with E-state index >= 15 is 0 Å². The lowest BCUT2D eigenvalue weighted by molar-refractivity contribution is 0.690. The van der Waals surface area contributed by atoms with E-state index in [1.165, 1.54) is 16.5 Å². The molecule has 0 unspecified atom stereocenters. The van der Waals surface area contributed by atoms with Crippen LogP contribution < -0.4 is 5.32 Å². The van der Waals surface area contributed by atoms with Crippen LogP contribution in [0.4, 0.5) is 0 Å². The summed E-state index contributed by atoms with van der Waals surface area (Å²) in [5, 5.41) is 4.69. The monoisotopic (exact) mass is 265 g/mol. The van der Waals surface area contributed by atoms with E-state index in [4.69, 9.17) is 0 Å². The minimum absolute atomic E-state index is 0.839. The van der Waals surface area contributed by atoms with Crippen LogP contribution in [0, 0.1) is 0 Å². The summed E-state index contributed by atoms with van der Waals surface area (Å²) >= 11 is 0. The Hall–Kier alpha value is -2.13. The number of hydrogen-bond acceptors (Lipinski definition) is 2. The maximum absolute atomic E-state index is 4.48. The Balaban J connectivity index is 1.68. The molecule has 20 heavy (non-hydrogen) atoms. The largest absolute Gasteiger partial charge is 0.354 e. The predicted molar refractivity (Wildman–Crippen MR) is 82.4 cm³/mol. The first kappa shape index (κ1) is 12.9. The van der Waals surface area contributed by atoms with Gasteiger partial charge in [0.05, 0.1) is 5.52 Å². The van der Waals surface area contributed by atoms with E-state index in [1.807, 2.05) is 12.3 Å². The van der Waals surface area contributed by atoms with Crippen LogP contribution in [-0.4, -0.2) is 9.55 Å². The Morgan fingerprint density at radius 1 is 1.10 bits per heavy atom. The van der Waals surface area contributed by atoms with Gasteiger partial charge in [-0.1, -0.05) is 24.3 Å². The van der Waals surface area contributed by atoms with Crippen molar-refractivity contribution < 1.29 is 0 Å². The van der Waals surface area contributed by atoms with Crippen molar-refractivity contribution in [1.29, 1.82) is 0 Å². The molecule has 0 bridgehead atoms. The molecule has 0 aliphatic rings. The molecule has 0 radical (unpaired) electrons. The van der Waals surface area contributed by atoms with Crippen LogP contribution in [0.1, 0.15) is 18.1 Å². The molecule has 1 aromatic carbocycles. The maximum Gasteiger partial charge on any atom is 0.0746 e. The molecule has 0 fully saturated rings. The molecule has 2 aromatic heterocycles. The molecule has 0 atom stereocenters. The second kappa shape index (κ2) is 5.88. The van der Waals surface area contributed by atoms with Gasteiger partial charge in [0, 0.05) is 43.6 Å². The van der Waals surface area contributed by atoms with Crippen molar-refractivity contribution in [3.63, 3.8) is 0 Å². The third-order valence-corrected chi connectivity index (χ3v) is 3.54. The quantitative estimate of drug-likeness (QED) is 0.766. The fourth-order valence-electron chi connectivity index (χ4n) is 2.44. The second-order valence-corrected chi connectivity index (χ2v) is 4.95. The zero-order valence-electron chi connectivity index (χ0n) is 11.7. The summed E-state index contributed by atoms with van der Waals surface area (Å²) in [5.74, 6) is 0. The molecule has 3 rings (SSSR count). The Bertz CT molecular complexity index is 695. The van der Waals surface area contributed by atoms with Crippen LogP contribution in [0.15, 0.2) is 55.0 Å². The van der Waals surface area contributed by atoms with Gasteiger partial charge in [-0.05, 0) is 30.2 Å². The number of pyridine rings is 1. The third-order valence-electron chi connectivity index (χ3n) is 3.54. The van der Waals surface area contributed by atoms with E-state index in [9.17, 15) is 0 Å². The Labute approximate surface area is 119 Å². The van der Waals surface area contributed by atoms with Gasteiger partial charge in [-0.2, -0.15) is 0 Å². The van der Waals surface area contributed by atoms with Crippen molar-refractivity contribution in [1.82, 2.24) is 14.9 Å². The first-order valence-electron chi connectivity index (χ1n) is 7.05. The fourth-order valence-corrected chi connectivity index (χ4v) is 2.44. The molecule has 3 nitrogen and oxygen atoms in total. The zero-order chi connectivity index (χ0) is 13.8. The number of rotatable bonds is 5. The number of hydrogen-bond donors (Lipinski definition) is 1. The van der Waals surface area contributed by atoms with Gasteiger partial charge in [0.15, 0.2) is 0 Å². The second-order valence-electron chi connectivity index (χ2n) is 4.95. The number of benzene rings is 1. The standard InChI is InChI=1S/C17H19N3/c1-2-20-10-8-14(13-20)11-18-12-16-6-3-5-15-7-4-9-19-17(15)16/h3-10,13,18H,2,11-12H2,1H3. The lowest BCUT2D eigenvalue weighted by Gasteiger charge is -2.07. The van der Waals surface area contributed by atoms with Crippen molar-refractivity contribution in [3.05, 3.63) is 66.1 Å². The summed E-state index contributed by atoms with van der Waals surface area (Å²) in [6.07, 6.45) is 6.16. The zero-order valence-corrected chi connectivity index (χ0v) is 11.7. The van der Waals surface area contributed by atoms with Crippen molar-refractivity contribution in [3.8, 4) is 0 Å². The topological polar surface area (TPSA) is 29.9 Å². The van der Waals surface area contributed by atoms with Crippen LogP contribution in [0.3, 0.4) is 0 Å². The molecule has 0 aliphatic heterocycles. The number of para-hydroxylation sites is 1. The average Bonchev–Trinajstić information content (AvgIpc) is 2.95. The molecule has 0 spiro atoms. The Kier molecular flexibility index (Phi) is 3.79. The summed E-state index contributed by atoms with van der Waals surface area (Å²) in [4.78, 5) is 4.48. The van der Waals surface area contributed by atoms with Crippen molar-refractivity contribution in [2.45, 2.75) is 26.6 Å². The van der Waals surface area contributed by atoms with Gasteiger partial charge in [-0.3, -0.25) is 4.98 Å². The van der Waals surface area contributed by atoms with Crippen LogP contribution in [0.5, 0.6) is 0 Å². The van der Waals surface area contributed by atoms with Crippen LogP contribution >= 0.6 is 0 Å². The number of aromatic nitrogens is 2. The summed E-state index contributed by atoms with van der Waals surface area (Å²) in [7, 11) is 0. The minimum Gasteiger partial charge on any atom is -0.354 e. The van der Waals surface area contributed by atoms with Gasteiger partial charge in [0.1, 0.15) is 0 Å². The molecule has 2 heterocycles. The maximum atomic E-state index is 4.48. The number of aryl methyl sites for hydroxylation is 1. The Morgan fingerprint density at radius 2 is 2.00 bits per heavy atom. The number of nitrogens with one attached hydrogen (secondary N) is 1. The van der Waals surface area contributed by atoms with E-state index in [-0.39, 0.29) is 0 Å². The predicted octanol–water partition coefficient (Wildman–Crippen LogP) is 3.35. The fraction of sp³-hybridized carbons (Fsp3) is 0.235. The van der Waals surface area contributed by atoms with Crippen molar-refractivity contribution >= 4 is 10.9 Å². The van der Waals surface area contributed by atoms with Gasteiger partial charge in [0.25, 0.3) is 0 Å². The first-order valence-corrected chi connectivity index (χ1v) is 7.05. The van der Waals surface area contributed by atoms with E-state index < -0.39 is 0 Å². The molecule has 0 amide bonds. The third kappa shape index (κ3) is 2.73. The smallest absolute Gasteiger partial charge is 0.0746 e. The lowest BCUT2D eigenvalue weighted by atomic mass is 10.1. The normalized spacial score (nSPS) is 11.1. The average molecular weight is 265 g/mol. The molecular weight excluding hydrogens is 246 g/mol. The van der Waals surface area contributed by atoms with E-state index in [0.29, 0.717) is 0 Å². The highest BCUT2D eigenvalue weighted by atomic mass is 14.9. The molecule has 3 aromatic rings. The van der Waals surface area contributed by atoms with Gasteiger partial charge >= 0.3 is 0 Å². The molecule has 1 N–H and O–H groups in total. The van der Waals surface area contributed by atoms with E-state index in [1.54, 1.807) is 0 Å². The van der Waals surface area contributed by atoms with Crippen LogP contribution in [0.25, 0.3) is 10.9 Å². The van der Waals surface area contributed by atoms with Gasteiger partial charge < -0.3 is 9.88 Å². The highest BCUT2D eigenvalue weighted by molar-refractivity contribution is 5.81. The minimum atomic E-state index is 0.839. The Morgan fingerprint density at radius 3 is 2.85 bits per heavy atom. The van der Waals surface area contributed by atoms with Gasteiger partial charge in [-0.15, -0.1) is 0 Å². The lowest BCUT2D eigenvalue weighted by Crippen LogP contribution is -2.12. The molecule has 0 saturated heterocycles. The summed E-state index contributed by atoms with van der Waals surface area (Å²) < 4.78 is 2.19. The molecule has 3 heteroatoms. The van der Waals surface area contributed by atoms with Gasteiger partial charge in [0.2, 0.25) is 0 Å². The molecule has 0 aliphatic carbocycles. The summed E-state index contributed by atoms with van der Waals surface area (Å²) in [6.45, 7) is 4.90. The van der Waals surface area contributed by atoms with E-state index in [0.717, 1.165) is 25.2 Å². The molecule has 0 saturated carbocycles. The van der Waals surface area contributed by atoms with Gasteiger partial charge in [-0.25, -0.2) is 0 Å². The SMILES string of the molecule is CCn1ccc(CNCc2cccc3cccnc23)c1. The molecular formula is C17H19N3. The van der Waals surface area contributed by atoms with Crippen molar-refractivity contribution in [2.24, 2.45) is 0 Å². The van der Waals surface area contributed by atoms with Crippen molar-refractivity contribution in [2.75, 3.05) is 0 Å². The van der Waals surface area contributed by atoms with E-state index in [2.05, 4.69) is 64.5 Å². The first-order chi connectivity index (χ1) is 9.86. The number of nitrogens with zero attached hydrogens (tertiary/aromatic N) is 2. The van der Waals surface area contributed by atoms with Crippen LogP contribution in [-0.2, 0) is 19.6 Å². The summed E-state index contributed by atoms with van der Waals surface area (Å²) in [6, 6.07) is 12.6. The molecule has 102 valence electrons. The highest BCUT2D eigenvalue weighted by Crippen LogP contribution is 2.15.